The fourth-order valence-corrected chi connectivity index (χ4v) is 5.29. The van der Waals surface area contributed by atoms with Crippen molar-refractivity contribution in [3.8, 4) is 5.75 Å². The van der Waals surface area contributed by atoms with Crippen LogP contribution in [0.25, 0.3) is 10.1 Å². The third-order valence-corrected chi connectivity index (χ3v) is 7.36. The minimum Gasteiger partial charge on any atom is -0.490 e. The van der Waals surface area contributed by atoms with E-state index in [1.807, 2.05) is 0 Å². The highest BCUT2D eigenvalue weighted by molar-refractivity contribution is 7.20. The first-order valence-electron chi connectivity index (χ1n) is 11.6. The number of benzene rings is 2. The molecule has 0 bridgehead atoms. The molecule has 0 atom stereocenters. The van der Waals surface area contributed by atoms with Crippen LogP contribution in [0.3, 0.4) is 0 Å². The molecule has 1 aromatic heterocycles. The first-order chi connectivity index (χ1) is 17.2. The van der Waals surface area contributed by atoms with Gasteiger partial charge >= 0.3 is 5.97 Å². The summed E-state index contributed by atoms with van der Waals surface area (Å²) >= 11 is 1.02. The molecule has 1 fully saturated rings. The maximum atomic E-state index is 14.6. The number of hydrogen-bond donors (Lipinski definition) is 2. The van der Waals surface area contributed by atoms with E-state index in [9.17, 15) is 27.6 Å². The minimum absolute atomic E-state index is 0.0487. The second-order valence-corrected chi connectivity index (χ2v) is 9.80. The molecule has 4 rings (SSSR count). The van der Waals surface area contributed by atoms with Gasteiger partial charge in [-0.25, -0.2) is 13.2 Å². The summed E-state index contributed by atoms with van der Waals surface area (Å²) in [4.78, 5) is 36.1. The van der Waals surface area contributed by atoms with Crippen LogP contribution in [0, 0.1) is 23.4 Å². The molecule has 2 N–H and O–H groups in total. The van der Waals surface area contributed by atoms with Crippen molar-refractivity contribution >= 4 is 39.1 Å². The van der Waals surface area contributed by atoms with Gasteiger partial charge in [-0.15, -0.1) is 11.3 Å². The number of Topliss-reactive ketones (excluding diaryl/α,β-unsaturated/α-hetero) is 1. The quantitative estimate of drug-likeness (QED) is 0.278. The number of rotatable bonds is 9. The van der Waals surface area contributed by atoms with Crippen LogP contribution >= 0.6 is 11.3 Å². The first-order valence-corrected chi connectivity index (χ1v) is 12.4. The van der Waals surface area contributed by atoms with Gasteiger partial charge in [0.15, 0.2) is 5.78 Å². The molecule has 1 aliphatic carbocycles. The Balaban J connectivity index is 1.28. The standard InChI is InChI=1S/C26H24F3NO5S/c27-18-4-1-3-15-11-22(36-24(15)18)25(32)30-10-2-5-21(31)23-19(28)12-17(13-20(23)29)35-16-8-6-14(7-9-16)26(33)34/h1,3-4,11-14,16H,2,5-10H2,(H,30,32)(H,33,34). The van der Waals surface area contributed by atoms with Crippen molar-refractivity contribution in [3.63, 3.8) is 0 Å². The van der Waals surface area contributed by atoms with Crippen LogP contribution in [0.5, 0.6) is 5.75 Å². The minimum atomic E-state index is -1.04. The van der Waals surface area contributed by atoms with E-state index in [1.165, 1.54) is 6.07 Å². The van der Waals surface area contributed by atoms with Crippen molar-refractivity contribution in [2.75, 3.05) is 6.54 Å². The van der Waals surface area contributed by atoms with Crippen molar-refractivity contribution in [1.82, 2.24) is 5.32 Å². The Labute approximate surface area is 209 Å². The van der Waals surface area contributed by atoms with Gasteiger partial charge < -0.3 is 15.2 Å². The first kappa shape index (κ1) is 25.7. The number of ether oxygens (including phenoxy) is 1. The molecule has 190 valence electrons. The van der Waals surface area contributed by atoms with Crippen LogP contribution in [-0.2, 0) is 4.79 Å². The Morgan fingerprint density at radius 2 is 1.69 bits per heavy atom. The number of amides is 1. The van der Waals surface area contributed by atoms with Gasteiger partial charge in [-0.2, -0.15) is 0 Å². The summed E-state index contributed by atoms with van der Waals surface area (Å²) in [6, 6.07) is 8.07. The van der Waals surface area contributed by atoms with Gasteiger partial charge in [-0.1, -0.05) is 12.1 Å². The summed E-state index contributed by atoms with van der Waals surface area (Å²) in [5.41, 5.74) is -0.664. The lowest BCUT2D eigenvalue weighted by molar-refractivity contribution is -0.143. The molecule has 1 aliphatic rings. The molecular formula is C26H24F3NO5S. The number of carbonyl (C=O) groups excluding carboxylic acids is 2. The molecule has 1 amide bonds. The molecule has 1 saturated carbocycles. The van der Waals surface area contributed by atoms with E-state index in [1.54, 1.807) is 18.2 Å². The van der Waals surface area contributed by atoms with Gasteiger partial charge in [0, 0.05) is 25.1 Å². The smallest absolute Gasteiger partial charge is 0.306 e. The monoisotopic (exact) mass is 519 g/mol. The van der Waals surface area contributed by atoms with E-state index in [0.29, 0.717) is 40.6 Å². The molecule has 0 saturated heterocycles. The van der Waals surface area contributed by atoms with Gasteiger partial charge in [0.2, 0.25) is 0 Å². The highest BCUT2D eigenvalue weighted by Crippen LogP contribution is 2.30. The Hall–Kier alpha value is -3.40. The second-order valence-electron chi connectivity index (χ2n) is 8.74. The number of aliphatic carboxylic acids is 1. The molecule has 0 unspecified atom stereocenters. The van der Waals surface area contributed by atoms with Crippen molar-refractivity contribution in [2.24, 2.45) is 5.92 Å². The predicted molar refractivity (Wildman–Crippen MR) is 128 cm³/mol. The maximum Gasteiger partial charge on any atom is 0.306 e. The zero-order chi connectivity index (χ0) is 25.8. The van der Waals surface area contributed by atoms with E-state index in [2.05, 4.69) is 5.32 Å². The van der Waals surface area contributed by atoms with Gasteiger partial charge in [0.05, 0.1) is 27.2 Å². The molecule has 1 heterocycles. The fraction of sp³-hybridized carbons (Fsp3) is 0.346. The third-order valence-electron chi connectivity index (χ3n) is 6.21. The molecule has 3 aromatic rings. The Morgan fingerprint density at radius 3 is 2.33 bits per heavy atom. The zero-order valence-electron chi connectivity index (χ0n) is 19.2. The molecule has 0 aliphatic heterocycles. The van der Waals surface area contributed by atoms with Crippen molar-refractivity contribution in [1.29, 1.82) is 0 Å². The van der Waals surface area contributed by atoms with E-state index in [-0.39, 0.29) is 31.2 Å². The summed E-state index contributed by atoms with van der Waals surface area (Å²) in [6.07, 6.45) is 1.41. The lowest BCUT2D eigenvalue weighted by Gasteiger charge is -2.26. The summed E-state index contributed by atoms with van der Waals surface area (Å²) in [7, 11) is 0. The molecule has 2 aromatic carbocycles. The van der Waals surface area contributed by atoms with Crippen molar-refractivity contribution < 1.29 is 37.4 Å². The Morgan fingerprint density at radius 1 is 1.00 bits per heavy atom. The molecule has 36 heavy (non-hydrogen) atoms. The highest BCUT2D eigenvalue weighted by atomic mass is 32.1. The number of carboxylic acid groups (broad SMARTS) is 1. The van der Waals surface area contributed by atoms with E-state index >= 15 is 0 Å². The topological polar surface area (TPSA) is 92.7 Å². The molecule has 10 heteroatoms. The van der Waals surface area contributed by atoms with Crippen LogP contribution in [-0.4, -0.2) is 35.4 Å². The number of fused-ring (bicyclic) bond motifs is 1. The number of thiophene rings is 1. The van der Waals surface area contributed by atoms with Crippen molar-refractivity contribution in [3.05, 3.63) is 64.3 Å². The van der Waals surface area contributed by atoms with Gasteiger partial charge in [0.25, 0.3) is 5.91 Å². The average molecular weight is 520 g/mol. The number of nitrogens with one attached hydrogen (secondary N) is 1. The lowest BCUT2D eigenvalue weighted by Crippen LogP contribution is -2.28. The SMILES string of the molecule is O=C(NCCCC(=O)c1c(F)cc(OC2CCC(C(=O)O)CC2)cc1F)c1cc2cccc(F)c2s1. The number of carboxylic acids is 1. The van der Waals surface area contributed by atoms with Crippen LogP contribution in [0.15, 0.2) is 36.4 Å². The lowest BCUT2D eigenvalue weighted by atomic mass is 9.87. The van der Waals surface area contributed by atoms with Crippen molar-refractivity contribution in [2.45, 2.75) is 44.6 Å². The van der Waals surface area contributed by atoms with Gasteiger partial charge in [0.1, 0.15) is 23.2 Å². The largest absolute Gasteiger partial charge is 0.490 e. The molecule has 0 radical (unpaired) electrons. The van der Waals surface area contributed by atoms with Crippen LogP contribution in [0.1, 0.15) is 58.6 Å². The number of halogens is 3. The predicted octanol–water partition coefficient (Wildman–Crippen LogP) is 5.73. The molecular weight excluding hydrogens is 495 g/mol. The highest BCUT2D eigenvalue weighted by Gasteiger charge is 2.28. The average Bonchev–Trinajstić information content (AvgIpc) is 3.28. The number of carbonyl (C=O) groups is 3. The Bertz CT molecular complexity index is 1280. The van der Waals surface area contributed by atoms with Crippen LogP contribution < -0.4 is 10.1 Å². The van der Waals surface area contributed by atoms with Gasteiger partial charge in [-0.3, -0.25) is 14.4 Å². The molecule has 6 nitrogen and oxygen atoms in total. The number of hydrogen-bond acceptors (Lipinski definition) is 5. The van der Waals surface area contributed by atoms with Crippen LogP contribution in [0.4, 0.5) is 13.2 Å². The maximum absolute atomic E-state index is 14.6. The van der Waals surface area contributed by atoms with E-state index < -0.39 is 46.6 Å². The van der Waals surface area contributed by atoms with E-state index in [4.69, 9.17) is 9.84 Å². The summed E-state index contributed by atoms with van der Waals surface area (Å²) in [5.74, 6) is -4.98. The fourth-order valence-electron chi connectivity index (χ4n) is 4.31. The van der Waals surface area contributed by atoms with Crippen LogP contribution in [0.2, 0.25) is 0 Å². The van der Waals surface area contributed by atoms with Gasteiger partial charge in [-0.05, 0) is 49.6 Å². The Kier molecular flexibility index (Phi) is 7.93. The zero-order valence-corrected chi connectivity index (χ0v) is 20.0. The third kappa shape index (κ3) is 5.87. The van der Waals surface area contributed by atoms with E-state index in [0.717, 1.165) is 23.5 Å². The second kappa shape index (κ2) is 11.1. The summed E-state index contributed by atoms with van der Waals surface area (Å²) in [5, 5.41) is 12.3. The summed E-state index contributed by atoms with van der Waals surface area (Å²) < 4.78 is 48.9. The normalized spacial score (nSPS) is 17.6. The number of ketones is 1. The molecule has 0 spiro atoms. The summed E-state index contributed by atoms with van der Waals surface area (Å²) in [6.45, 7) is 0.102.